The van der Waals surface area contributed by atoms with Crippen LogP contribution in [0.4, 0.5) is 5.13 Å². The highest BCUT2D eigenvalue weighted by molar-refractivity contribution is 7.17. The van der Waals surface area contributed by atoms with Gasteiger partial charge >= 0.3 is 0 Å². The summed E-state index contributed by atoms with van der Waals surface area (Å²) in [6, 6.07) is 10.2. The first kappa shape index (κ1) is 14.7. The molecule has 0 amide bonds. The molecule has 1 atom stereocenters. The molecule has 1 aromatic heterocycles. The summed E-state index contributed by atoms with van der Waals surface area (Å²) >= 11 is 1.45. The summed E-state index contributed by atoms with van der Waals surface area (Å²) in [4.78, 5) is 18.8. The minimum absolute atomic E-state index is 0.379. The molecular formula is C16H20N2OS. The van der Waals surface area contributed by atoms with Crippen LogP contribution in [0.5, 0.6) is 0 Å². The zero-order chi connectivity index (χ0) is 14.7. The van der Waals surface area contributed by atoms with Crippen molar-refractivity contribution in [2.45, 2.75) is 26.8 Å². The zero-order valence-electron chi connectivity index (χ0n) is 12.3. The van der Waals surface area contributed by atoms with E-state index in [1.807, 2.05) is 37.4 Å². The average Bonchev–Trinajstić information content (AvgIpc) is 2.90. The maximum Gasteiger partial charge on any atom is 0.186 e. The van der Waals surface area contributed by atoms with Crippen molar-refractivity contribution in [2.75, 3.05) is 11.9 Å². The smallest absolute Gasteiger partial charge is 0.186 e. The predicted octanol–water partition coefficient (Wildman–Crippen LogP) is 4.10. The lowest BCUT2D eigenvalue weighted by atomic mass is 10.1. The van der Waals surface area contributed by atoms with E-state index in [-0.39, 0.29) is 0 Å². The number of anilines is 1. The molecule has 106 valence electrons. The van der Waals surface area contributed by atoms with Crippen LogP contribution < -0.4 is 4.90 Å². The highest BCUT2D eigenvalue weighted by Crippen LogP contribution is 2.32. The lowest BCUT2D eigenvalue weighted by Crippen LogP contribution is -2.32. The van der Waals surface area contributed by atoms with E-state index in [9.17, 15) is 4.79 Å². The predicted molar refractivity (Wildman–Crippen MR) is 85.6 cm³/mol. The number of nitrogens with zero attached hydrogens (tertiary/aromatic N) is 2. The Kier molecular flexibility index (Phi) is 4.55. The van der Waals surface area contributed by atoms with E-state index in [2.05, 4.69) is 30.7 Å². The molecule has 0 fully saturated rings. The van der Waals surface area contributed by atoms with Crippen LogP contribution >= 0.6 is 11.3 Å². The van der Waals surface area contributed by atoms with Crippen molar-refractivity contribution in [1.29, 1.82) is 0 Å². The fraction of sp³-hybridized carbons (Fsp3) is 0.375. The molecule has 0 aliphatic carbocycles. The Balaban J connectivity index is 2.39. The highest BCUT2D eigenvalue weighted by Gasteiger charge is 2.20. The maximum absolute atomic E-state index is 11.3. The molecular weight excluding hydrogens is 268 g/mol. The first-order valence-electron chi connectivity index (χ1n) is 6.78. The standard InChI is InChI=1S/C16H20N2OS/c1-11(2)12(3)18(4)16-17-15(14(10-19)20-16)13-8-6-5-7-9-13/h5-12H,1-4H3. The van der Waals surface area contributed by atoms with Crippen LogP contribution in [-0.2, 0) is 0 Å². The third-order valence-corrected chi connectivity index (χ3v) is 4.75. The largest absolute Gasteiger partial charge is 0.348 e. The van der Waals surface area contributed by atoms with E-state index in [1.54, 1.807) is 0 Å². The highest BCUT2D eigenvalue weighted by atomic mass is 32.1. The molecule has 0 aliphatic heterocycles. The molecule has 0 bridgehead atoms. The van der Waals surface area contributed by atoms with Gasteiger partial charge in [0.1, 0.15) is 0 Å². The van der Waals surface area contributed by atoms with Gasteiger partial charge in [0.25, 0.3) is 0 Å². The number of thiazole rings is 1. The van der Waals surface area contributed by atoms with E-state index >= 15 is 0 Å². The second-order valence-electron chi connectivity index (χ2n) is 5.29. The van der Waals surface area contributed by atoms with Gasteiger partial charge in [-0.3, -0.25) is 4.79 Å². The second kappa shape index (κ2) is 6.18. The van der Waals surface area contributed by atoms with E-state index in [4.69, 9.17) is 0 Å². The molecule has 20 heavy (non-hydrogen) atoms. The maximum atomic E-state index is 11.3. The molecule has 0 saturated heterocycles. The Hall–Kier alpha value is -1.68. The third-order valence-electron chi connectivity index (χ3n) is 3.67. The fourth-order valence-corrected chi connectivity index (χ4v) is 2.93. The summed E-state index contributed by atoms with van der Waals surface area (Å²) in [5.41, 5.74) is 1.77. The van der Waals surface area contributed by atoms with Crippen LogP contribution in [0, 0.1) is 5.92 Å². The second-order valence-corrected chi connectivity index (χ2v) is 6.30. The molecule has 0 aliphatic rings. The Morgan fingerprint density at radius 1 is 1.20 bits per heavy atom. The first-order chi connectivity index (χ1) is 9.54. The number of carbonyl (C=O) groups is 1. The van der Waals surface area contributed by atoms with Crippen LogP contribution in [0.1, 0.15) is 30.4 Å². The minimum atomic E-state index is 0.379. The summed E-state index contributed by atoms with van der Waals surface area (Å²) in [6.07, 6.45) is 0.900. The lowest BCUT2D eigenvalue weighted by molar-refractivity contribution is 0.112. The van der Waals surface area contributed by atoms with Gasteiger partial charge in [-0.05, 0) is 12.8 Å². The van der Waals surface area contributed by atoms with Crippen molar-refractivity contribution in [1.82, 2.24) is 4.98 Å². The zero-order valence-corrected chi connectivity index (χ0v) is 13.1. The normalized spacial score (nSPS) is 12.4. The average molecular weight is 288 g/mol. The molecule has 1 unspecified atom stereocenters. The lowest BCUT2D eigenvalue weighted by Gasteiger charge is -2.27. The van der Waals surface area contributed by atoms with E-state index in [1.165, 1.54) is 11.3 Å². The van der Waals surface area contributed by atoms with Gasteiger partial charge in [0.05, 0.1) is 10.6 Å². The van der Waals surface area contributed by atoms with Crippen LogP contribution in [0.15, 0.2) is 30.3 Å². The number of carbonyl (C=O) groups excluding carboxylic acids is 1. The number of aromatic nitrogens is 1. The van der Waals surface area contributed by atoms with Crippen molar-refractivity contribution in [3.05, 3.63) is 35.2 Å². The van der Waals surface area contributed by atoms with Gasteiger partial charge in [0, 0.05) is 18.7 Å². The van der Waals surface area contributed by atoms with Gasteiger partial charge in [-0.1, -0.05) is 55.5 Å². The van der Waals surface area contributed by atoms with Gasteiger partial charge in [-0.25, -0.2) is 4.98 Å². The fourth-order valence-electron chi connectivity index (χ4n) is 1.98. The van der Waals surface area contributed by atoms with E-state index in [0.29, 0.717) is 16.8 Å². The molecule has 0 spiro atoms. The molecule has 0 N–H and O–H groups in total. The molecule has 0 radical (unpaired) electrons. The van der Waals surface area contributed by atoms with E-state index in [0.717, 1.165) is 22.7 Å². The van der Waals surface area contributed by atoms with Crippen molar-refractivity contribution in [2.24, 2.45) is 5.92 Å². The van der Waals surface area contributed by atoms with Crippen LogP contribution in [-0.4, -0.2) is 24.4 Å². The quantitative estimate of drug-likeness (QED) is 0.776. The molecule has 4 heteroatoms. The number of hydrogen-bond acceptors (Lipinski definition) is 4. The van der Waals surface area contributed by atoms with Gasteiger partial charge in [-0.15, -0.1) is 0 Å². The van der Waals surface area contributed by atoms with Gasteiger partial charge in [0.15, 0.2) is 11.4 Å². The number of benzene rings is 1. The molecule has 1 aromatic carbocycles. The van der Waals surface area contributed by atoms with E-state index < -0.39 is 0 Å². The SMILES string of the molecule is CC(C)C(C)N(C)c1nc(-c2ccccc2)c(C=O)s1. The monoisotopic (exact) mass is 288 g/mol. The molecule has 3 nitrogen and oxygen atoms in total. The van der Waals surface area contributed by atoms with Gasteiger partial charge in [0.2, 0.25) is 0 Å². The summed E-state index contributed by atoms with van der Waals surface area (Å²) < 4.78 is 0. The topological polar surface area (TPSA) is 33.2 Å². The van der Waals surface area contributed by atoms with Gasteiger partial charge < -0.3 is 4.90 Å². The van der Waals surface area contributed by atoms with Crippen LogP contribution in [0.25, 0.3) is 11.3 Å². The summed E-state index contributed by atoms with van der Waals surface area (Å²) in [5.74, 6) is 0.531. The minimum Gasteiger partial charge on any atom is -0.348 e. The Morgan fingerprint density at radius 3 is 2.40 bits per heavy atom. The molecule has 2 aromatic rings. The summed E-state index contributed by atoms with van der Waals surface area (Å²) in [5, 5.41) is 0.896. The Labute approximate surface area is 124 Å². The van der Waals surface area contributed by atoms with Gasteiger partial charge in [-0.2, -0.15) is 0 Å². The number of aldehydes is 1. The summed E-state index contributed by atoms with van der Waals surface area (Å²) in [6.45, 7) is 6.55. The van der Waals surface area contributed by atoms with Crippen LogP contribution in [0.2, 0.25) is 0 Å². The van der Waals surface area contributed by atoms with Crippen molar-refractivity contribution in [3.8, 4) is 11.3 Å². The van der Waals surface area contributed by atoms with Crippen molar-refractivity contribution < 1.29 is 4.79 Å². The third kappa shape index (κ3) is 2.90. The van der Waals surface area contributed by atoms with Crippen molar-refractivity contribution >= 4 is 22.8 Å². The summed E-state index contributed by atoms with van der Waals surface area (Å²) in [7, 11) is 2.03. The Bertz CT molecular complexity index is 577. The van der Waals surface area contributed by atoms with Crippen molar-refractivity contribution in [3.63, 3.8) is 0 Å². The molecule has 2 rings (SSSR count). The van der Waals surface area contributed by atoms with Crippen LogP contribution in [0.3, 0.4) is 0 Å². The molecule has 1 heterocycles. The number of rotatable bonds is 5. The first-order valence-corrected chi connectivity index (χ1v) is 7.60. The number of hydrogen-bond donors (Lipinski definition) is 0. The molecule has 0 saturated carbocycles. The Morgan fingerprint density at radius 2 is 1.85 bits per heavy atom.